The van der Waals surface area contributed by atoms with Crippen LogP contribution in [0.5, 0.6) is 5.75 Å². The second-order valence-electron chi connectivity index (χ2n) is 4.58. The van der Waals surface area contributed by atoms with E-state index in [0.717, 1.165) is 12.1 Å². The number of nitrogens with zero attached hydrogens (tertiary/aromatic N) is 1. The molecule has 22 heavy (non-hydrogen) atoms. The number of benzene rings is 2. The molecule has 0 radical (unpaired) electrons. The molecule has 0 aliphatic carbocycles. The molecule has 0 aliphatic heterocycles. The van der Waals surface area contributed by atoms with Gasteiger partial charge in [-0.1, -0.05) is 12.6 Å². The molecule has 2 nitrogen and oxygen atoms in total. The van der Waals surface area contributed by atoms with Gasteiger partial charge in [-0.2, -0.15) is 5.26 Å². The Labute approximate surface area is 126 Å². The van der Waals surface area contributed by atoms with Crippen molar-refractivity contribution in [3.05, 3.63) is 77.3 Å². The Morgan fingerprint density at radius 3 is 2.27 bits per heavy atom. The van der Waals surface area contributed by atoms with Gasteiger partial charge in [-0.05, 0) is 42.2 Å². The third kappa shape index (κ3) is 3.47. The first-order valence-corrected chi connectivity index (χ1v) is 6.49. The van der Waals surface area contributed by atoms with Gasteiger partial charge in [0.2, 0.25) is 0 Å². The van der Waals surface area contributed by atoms with E-state index in [2.05, 4.69) is 6.58 Å². The van der Waals surface area contributed by atoms with Crippen LogP contribution in [0.3, 0.4) is 0 Å². The lowest BCUT2D eigenvalue weighted by atomic mass is 10.0. The Kier molecular flexibility index (Phi) is 4.84. The first-order chi connectivity index (χ1) is 10.5. The Hall–Kier alpha value is -2.74. The van der Waals surface area contributed by atoms with Crippen LogP contribution in [0.25, 0.3) is 0 Å². The minimum atomic E-state index is -0.910. The molecule has 0 bridgehead atoms. The van der Waals surface area contributed by atoms with Crippen LogP contribution in [0.2, 0.25) is 0 Å². The number of aryl methyl sites for hydroxylation is 2. The lowest BCUT2D eigenvalue weighted by molar-refractivity contribution is 0.476. The van der Waals surface area contributed by atoms with Crippen LogP contribution in [0, 0.1) is 28.8 Å². The molecule has 2 aromatic carbocycles. The van der Waals surface area contributed by atoms with Gasteiger partial charge >= 0.3 is 0 Å². The van der Waals surface area contributed by atoms with Gasteiger partial charge in [0.1, 0.15) is 34.8 Å². The van der Waals surface area contributed by atoms with E-state index in [1.54, 1.807) is 12.1 Å². The summed E-state index contributed by atoms with van der Waals surface area (Å²) in [4.78, 5) is 0. The van der Waals surface area contributed by atoms with Gasteiger partial charge in [-0.15, -0.1) is 0 Å². The van der Waals surface area contributed by atoms with Gasteiger partial charge in [-0.25, -0.2) is 13.2 Å². The smallest absolute Gasteiger partial charge is 0.144 e. The molecular formula is C17H12F3NO. The minimum Gasteiger partial charge on any atom is -0.466 e. The summed E-state index contributed by atoms with van der Waals surface area (Å²) in [6, 6.07) is 7.99. The van der Waals surface area contributed by atoms with Crippen molar-refractivity contribution in [2.24, 2.45) is 0 Å². The molecule has 0 fully saturated rings. The second-order valence-corrected chi connectivity index (χ2v) is 4.58. The molecule has 0 heterocycles. The molecule has 0 aliphatic rings. The summed E-state index contributed by atoms with van der Waals surface area (Å²) in [5.74, 6) is -1.96. The third-order valence-electron chi connectivity index (χ3n) is 3.14. The van der Waals surface area contributed by atoms with E-state index in [4.69, 9.17) is 10.00 Å². The molecule has 0 saturated carbocycles. The van der Waals surface area contributed by atoms with Gasteiger partial charge in [0, 0.05) is 6.07 Å². The standard InChI is InChI=1S/C17H12F3NO/c1-2-22-13-6-5-12(15(18)9-13)4-3-11-7-16(19)14(10-21)17(20)8-11/h2,5-9H,1,3-4H2. The van der Waals surface area contributed by atoms with Crippen LogP contribution in [-0.4, -0.2) is 0 Å². The summed E-state index contributed by atoms with van der Waals surface area (Å²) < 4.78 is 45.8. The van der Waals surface area contributed by atoms with Gasteiger partial charge in [0.05, 0.1) is 6.26 Å². The zero-order valence-corrected chi connectivity index (χ0v) is 11.6. The van der Waals surface area contributed by atoms with E-state index in [-0.39, 0.29) is 12.8 Å². The highest BCUT2D eigenvalue weighted by Crippen LogP contribution is 2.20. The maximum Gasteiger partial charge on any atom is 0.144 e. The topological polar surface area (TPSA) is 33.0 Å². The van der Waals surface area contributed by atoms with E-state index < -0.39 is 23.0 Å². The quantitative estimate of drug-likeness (QED) is 0.772. The highest BCUT2D eigenvalue weighted by atomic mass is 19.1. The normalized spacial score (nSPS) is 10.1. The van der Waals surface area contributed by atoms with Gasteiger partial charge in [0.25, 0.3) is 0 Å². The molecule has 0 spiro atoms. The predicted octanol–water partition coefficient (Wildman–Crippen LogP) is 4.28. The molecule has 0 atom stereocenters. The maximum absolute atomic E-state index is 13.8. The van der Waals surface area contributed by atoms with Crippen LogP contribution >= 0.6 is 0 Å². The first-order valence-electron chi connectivity index (χ1n) is 6.49. The molecular weight excluding hydrogens is 291 g/mol. The predicted molar refractivity (Wildman–Crippen MR) is 75.7 cm³/mol. The lowest BCUT2D eigenvalue weighted by Crippen LogP contribution is -1.99. The van der Waals surface area contributed by atoms with Gasteiger partial charge in [-0.3, -0.25) is 0 Å². The zero-order chi connectivity index (χ0) is 16.1. The first kappa shape index (κ1) is 15.6. The SMILES string of the molecule is C=COc1ccc(CCc2cc(F)c(C#N)c(F)c2)c(F)c1. The van der Waals surface area contributed by atoms with E-state index in [0.29, 0.717) is 16.9 Å². The molecule has 0 unspecified atom stereocenters. The summed E-state index contributed by atoms with van der Waals surface area (Å²) in [6.45, 7) is 3.38. The van der Waals surface area contributed by atoms with Gasteiger partial charge in [0.15, 0.2) is 0 Å². The summed E-state index contributed by atoms with van der Waals surface area (Å²) in [5.41, 5.74) is 0.155. The van der Waals surface area contributed by atoms with E-state index in [1.165, 1.54) is 18.4 Å². The highest BCUT2D eigenvalue weighted by molar-refractivity contribution is 5.36. The second kappa shape index (κ2) is 6.81. The average Bonchev–Trinajstić information content (AvgIpc) is 2.46. The Bertz CT molecular complexity index is 727. The van der Waals surface area contributed by atoms with Crippen molar-refractivity contribution in [1.82, 2.24) is 0 Å². The fourth-order valence-corrected chi connectivity index (χ4v) is 2.06. The average molecular weight is 303 g/mol. The fraction of sp³-hybridized carbons (Fsp3) is 0.118. The number of rotatable bonds is 5. The highest BCUT2D eigenvalue weighted by Gasteiger charge is 2.11. The number of hydrogen-bond donors (Lipinski definition) is 0. The van der Waals surface area contributed by atoms with E-state index in [1.807, 2.05) is 0 Å². The maximum atomic E-state index is 13.8. The van der Waals surface area contributed by atoms with Crippen LogP contribution in [0.1, 0.15) is 16.7 Å². The monoisotopic (exact) mass is 303 g/mol. The van der Waals surface area contributed by atoms with Crippen molar-refractivity contribution in [3.63, 3.8) is 0 Å². The van der Waals surface area contributed by atoms with Crippen LogP contribution in [0.15, 0.2) is 43.2 Å². The van der Waals surface area contributed by atoms with Crippen molar-refractivity contribution in [2.45, 2.75) is 12.8 Å². The molecule has 0 N–H and O–H groups in total. The zero-order valence-electron chi connectivity index (χ0n) is 11.6. The molecule has 0 amide bonds. The molecule has 0 aromatic heterocycles. The summed E-state index contributed by atoms with van der Waals surface area (Å²) in [6.07, 6.45) is 1.71. The van der Waals surface area contributed by atoms with E-state index in [9.17, 15) is 13.2 Å². The Morgan fingerprint density at radius 2 is 1.73 bits per heavy atom. The summed E-state index contributed by atoms with van der Waals surface area (Å²) in [7, 11) is 0. The number of nitriles is 1. The largest absolute Gasteiger partial charge is 0.466 e. The third-order valence-corrected chi connectivity index (χ3v) is 3.14. The molecule has 0 saturated heterocycles. The molecule has 2 rings (SSSR count). The number of halogens is 3. The van der Waals surface area contributed by atoms with Crippen LogP contribution in [0.4, 0.5) is 13.2 Å². The Morgan fingerprint density at radius 1 is 1.05 bits per heavy atom. The molecule has 2 aromatic rings. The number of ether oxygens (including phenoxy) is 1. The van der Waals surface area contributed by atoms with Crippen molar-refractivity contribution in [1.29, 1.82) is 5.26 Å². The van der Waals surface area contributed by atoms with Crippen molar-refractivity contribution >= 4 is 0 Å². The number of hydrogen-bond acceptors (Lipinski definition) is 2. The van der Waals surface area contributed by atoms with Crippen LogP contribution in [-0.2, 0) is 12.8 Å². The van der Waals surface area contributed by atoms with Gasteiger partial charge < -0.3 is 4.74 Å². The Balaban J connectivity index is 2.14. The van der Waals surface area contributed by atoms with E-state index >= 15 is 0 Å². The molecule has 112 valence electrons. The van der Waals surface area contributed by atoms with Crippen molar-refractivity contribution in [3.8, 4) is 11.8 Å². The summed E-state index contributed by atoms with van der Waals surface area (Å²) in [5, 5.41) is 8.61. The lowest BCUT2D eigenvalue weighted by Gasteiger charge is -2.07. The van der Waals surface area contributed by atoms with Crippen molar-refractivity contribution < 1.29 is 17.9 Å². The van der Waals surface area contributed by atoms with Crippen molar-refractivity contribution in [2.75, 3.05) is 0 Å². The minimum absolute atomic E-state index is 0.248. The van der Waals surface area contributed by atoms with Crippen LogP contribution < -0.4 is 4.74 Å². The fourth-order valence-electron chi connectivity index (χ4n) is 2.06. The summed E-state index contributed by atoms with van der Waals surface area (Å²) >= 11 is 0. The molecule has 5 heteroatoms.